The zero-order valence-electron chi connectivity index (χ0n) is 11.4. The lowest BCUT2D eigenvalue weighted by Gasteiger charge is -2.18. The number of hydrogen-bond donors (Lipinski definition) is 1. The Morgan fingerprint density at radius 1 is 1.40 bits per heavy atom. The molecule has 4 nitrogen and oxygen atoms in total. The van der Waals surface area contributed by atoms with Crippen LogP contribution in [0.1, 0.15) is 21.6 Å². The number of benzene rings is 1. The third-order valence-corrected chi connectivity index (χ3v) is 3.05. The maximum absolute atomic E-state index is 13.6. The zero-order valence-corrected chi connectivity index (χ0v) is 11.4. The number of anilines is 1. The summed E-state index contributed by atoms with van der Waals surface area (Å²) in [6.45, 7) is 1.93. The first-order valence-electron chi connectivity index (χ1n) is 6.20. The number of nitrogens with two attached hydrogens (primary N) is 1. The number of carbonyl (C=O) groups is 1. The van der Waals surface area contributed by atoms with Crippen molar-refractivity contribution in [1.82, 2.24) is 9.88 Å². The van der Waals surface area contributed by atoms with Gasteiger partial charge in [0.1, 0.15) is 5.82 Å². The predicted octanol–water partition coefficient (Wildman–Crippen LogP) is 2.38. The molecular formula is C15H16FN3O. The fraction of sp³-hybridized carbons (Fsp3) is 0.200. The maximum Gasteiger partial charge on any atom is 0.255 e. The normalized spacial score (nSPS) is 10.3. The molecule has 1 amide bonds. The highest BCUT2D eigenvalue weighted by molar-refractivity contribution is 5.95. The van der Waals surface area contributed by atoms with Crippen molar-refractivity contribution in [2.45, 2.75) is 13.5 Å². The summed E-state index contributed by atoms with van der Waals surface area (Å²) in [6.07, 6.45) is 1.50. The molecule has 0 unspecified atom stereocenters. The number of halogens is 1. The van der Waals surface area contributed by atoms with Crippen LogP contribution in [-0.4, -0.2) is 22.8 Å². The van der Waals surface area contributed by atoms with Crippen molar-refractivity contribution in [2.75, 3.05) is 12.8 Å². The van der Waals surface area contributed by atoms with Gasteiger partial charge in [-0.2, -0.15) is 0 Å². The average molecular weight is 273 g/mol. The zero-order chi connectivity index (χ0) is 14.7. The van der Waals surface area contributed by atoms with E-state index in [9.17, 15) is 9.18 Å². The van der Waals surface area contributed by atoms with Crippen molar-refractivity contribution in [3.8, 4) is 0 Å². The second kappa shape index (κ2) is 5.69. The van der Waals surface area contributed by atoms with Crippen molar-refractivity contribution in [3.63, 3.8) is 0 Å². The topological polar surface area (TPSA) is 59.2 Å². The molecule has 2 aromatic rings. The molecule has 0 aliphatic heterocycles. The number of aryl methyl sites for hydroxylation is 1. The highest BCUT2D eigenvalue weighted by Gasteiger charge is 2.16. The highest BCUT2D eigenvalue weighted by Crippen LogP contribution is 2.15. The Balaban J connectivity index is 2.21. The van der Waals surface area contributed by atoms with E-state index in [1.54, 1.807) is 38.2 Å². The third-order valence-electron chi connectivity index (χ3n) is 3.05. The molecule has 1 aromatic carbocycles. The van der Waals surface area contributed by atoms with Crippen molar-refractivity contribution in [2.24, 2.45) is 0 Å². The molecule has 0 bridgehead atoms. The number of aromatic nitrogens is 1. The minimum atomic E-state index is -0.324. The second-order valence-corrected chi connectivity index (χ2v) is 4.65. The fourth-order valence-electron chi connectivity index (χ4n) is 1.93. The van der Waals surface area contributed by atoms with Gasteiger partial charge in [0.15, 0.2) is 0 Å². The Morgan fingerprint density at radius 2 is 2.10 bits per heavy atom. The summed E-state index contributed by atoms with van der Waals surface area (Å²) >= 11 is 0. The van der Waals surface area contributed by atoms with Crippen LogP contribution in [0.25, 0.3) is 0 Å². The first kappa shape index (κ1) is 14.0. The minimum Gasteiger partial charge on any atom is -0.397 e. The highest BCUT2D eigenvalue weighted by atomic mass is 19.1. The molecule has 1 aromatic heterocycles. The predicted molar refractivity (Wildman–Crippen MR) is 75.6 cm³/mol. The summed E-state index contributed by atoms with van der Waals surface area (Å²) in [5.41, 5.74) is 7.58. The van der Waals surface area contributed by atoms with E-state index >= 15 is 0 Å². The molecule has 0 fully saturated rings. The lowest BCUT2D eigenvalue weighted by molar-refractivity contribution is 0.0782. The molecule has 0 atom stereocenters. The second-order valence-electron chi connectivity index (χ2n) is 4.65. The first-order valence-corrected chi connectivity index (χ1v) is 6.20. The molecule has 0 saturated heterocycles. The van der Waals surface area contributed by atoms with Crippen LogP contribution >= 0.6 is 0 Å². The Labute approximate surface area is 117 Å². The monoisotopic (exact) mass is 273 g/mol. The van der Waals surface area contributed by atoms with Gasteiger partial charge in [0, 0.05) is 19.2 Å². The smallest absolute Gasteiger partial charge is 0.255 e. The molecule has 20 heavy (non-hydrogen) atoms. The van der Waals surface area contributed by atoms with Crippen LogP contribution in [0.2, 0.25) is 0 Å². The van der Waals surface area contributed by atoms with Gasteiger partial charge in [0.05, 0.1) is 23.1 Å². The van der Waals surface area contributed by atoms with Gasteiger partial charge in [0.25, 0.3) is 5.91 Å². The van der Waals surface area contributed by atoms with E-state index < -0.39 is 0 Å². The minimum absolute atomic E-state index is 0.194. The summed E-state index contributed by atoms with van der Waals surface area (Å²) in [5.74, 6) is -0.555. The van der Waals surface area contributed by atoms with Gasteiger partial charge >= 0.3 is 0 Å². The van der Waals surface area contributed by atoms with Crippen LogP contribution in [0.5, 0.6) is 0 Å². The van der Waals surface area contributed by atoms with Gasteiger partial charge in [-0.25, -0.2) is 4.39 Å². The molecule has 1 heterocycles. The van der Waals surface area contributed by atoms with E-state index in [0.717, 1.165) is 0 Å². The van der Waals surface area contributed by atoms with Crippen molar-refractivity contribution >= 4 is 11.6 Å². The van der Waals surface area contributed by atoms with Crippen LogP contribution in [0.3, 0.4) is 0 Å². The van der Waals surface area contributed by atoms with Gasteiger partial charge < -0.3 is 10.6 Å². The largest absolute Gasteiger partial charge is 0.397 e. The summed E-state index contributed by atoms with van der Waals surface area (Å²) in [6, 6.07) is 7.98. The van der Waals surface area contributed by atoms with Gasteiger partial charge in [-0.05, 0) is 19.1 Å². The first-order chi connectivity index (χ1) is 9.49. The Bertz CT molecular complexity index is 643. The maximum atomic E-state index is 13.6. The molecule has 0 aliphatic carbocycles. The quantitative estimate of drug-likeness (QED) is 0.934. The van der Waals surface area contributed by atoms with Gasteiger partial charge in [-0.1, -0.05) is 18.2 Å². The van der Waals surface area contributed by atoms with E-state index in [1.807, 2.05) is 0 Å². The summed E-state index contributed by atoms with van der Waals surface area (Å²) in [7, 11) is 1.62. The summed E-state index contributed by atoms with van der Waals surface area (Å²) in [5, 5.41) is 0. The van der Waals surface area contributed by atoms with Crippen LogP contribution in [0.15, 0.2) is 36.5 Å². The Morgan fingerprint density at radius 3 is 2.80 bits per heavy atom. The molecule has 2 N–H and O–H groups in total. The lowest BCUT2D eigenvalue weighted by atomic mass is 10.1. The summed E-state index contributed by atoms with van der Waals surface area (Å²) < 4.78 is 13.6. The SMILES string of the molecule is Cc1ncc(N)cc1C(=O)N(C)Cc1ccccc1F. The average Bonchev–Trinajstić information content (AvgIpc) is 2.43. The van der Waals surface area contributed by atoms with Gasteiger partial charge in [-0.3, -0.25) is 9.78 Å². The Hall–Kier alpha value is -2.43. The van der Waals surface area contributed by atoms with E-state index in [0.29, 0.717) is 22.5 Å². The van der Waals surface area contributed by atoms with Gasteiger partial charge in [-0.15, -0.1) is 0 Å². The number of pyridine rings is 1. The van der Waals surface area contributed by atoms with Crippen molar-refractivity contribution < 1.29 is 9.18 Å². The van der Waals surface area contributed by atoms with Crippen molar-refractivity contribution in [3.05, 3.63) is 59.2 Å². The Kier molecular flexibility index (Phi) is 3.98. The molecule has 0 aliphatic rings. The standard InChI is InChI=1S/C15H16FN3O/c1-10-13(7-12(17)8-18-10)15(20)19(2)9-11-5-3-4-6-14(11)16/h3-8H,9,17H2,1-2H3. The van der Waals surface area contributed by atoms with E-state index in [4.69, 9.17) is 5.73 Å². The number of amides is 1. The third kappa shape index (κ3) is 2.93. The molecule has 0 radical (unpaired) electrons. The van der Waals surface area contributed by atoms with Crippen LogP contribution in [0, 0.1) is 12.7 Å². The fourth-order valence-corrected chi connectivity index (χ4v) is 1.93. The van der Waals surface area contributed by atoms with Crippen LogP contribution < -0.4 is 5.73 Å². The number of hydrogen-bond acceptors (Lipinski definition) is 3. The number of nitrogen functional groups attached to an aromatic ring is 1. The lowest BCUT2D eigenvalue weighted by Crippen LogP contribution is -2.27. The van der Waals surface area contributed by atoms with E-state index in [2.05, 4.69) is 4.98 Å². The number of rotatable bonds is 3. The van der Waals surface area contributed by atoms with Crippen LogP contribution in [-0.2, 0) is 6.54 Å². The molecule has 0 saturated carbocycles. The molecule has 0 spiro atoms. The molecule has 104 valence electrons. The van der Waals surface area contributed by atoms with E-state index in [-0.39, 0.29) is 18.3 Å². The summed E-state index contributed by atoms with van der Waals surface area (Å²) in [4.78, 5) is 17.8. The molecule has 2 rings (SSSR count). The number of nitrogens with zero attached hydrogens (tertiary/aromatic N) is 2. The van der Waals surface area contributed by atoms with E-state index in [1.165, 1.54) is 17.2 Å². The molecule has 5 heteroatoms. The molecular weight excluding hydrogens is 257 g/mol. The van der Waals surface area contributed by atoms with Crippen molar-refractivity contribution in [1.29, 1.82) is 0 Å². The van der Waals surface area contributed by atoms with Crippen LogP contribution in [0.4, 0.5) is 10.1 Å². The van der Waals surface area contributed by atoms with Gasteiger partial charge in [0.2, 0.25) is 0 Å². The number of carbonyl (C=O) groups excluding carboxylic acids is 1.